The van der Waals surface area contributed by atoms with Crippen LogP contribution in [0.15, 0.2) is 48.0 Å². The Hall–Kier alpha value is -2.75. The second kappa shape index (κ2) is 9.64. The molecule has 0 unspecified atom stereocenters. The number of methoxy groups -OCH3 is 1. The Balaban J connectivity index is 1.79. The van der Waals surface area contributed by atoms with Crippen LogP contribution in [0.4, 0.5) is 0 Å². The van der Waals surface area contributed by atoms with E-state index in [-0.39, 0.29) is 11.9 Å². The van der Waals surface area contributed by atoms with E-state index in [1.165, 1.54) is 5.57 Å². The highest BCUT2D eigenvalue weighted by Crippen LogP contribution is 2.39. The molecule has 0 spiro atoms. The third-order valence-electron chi connectivity index (χ3n) is 5.07. The van der Waals surface area contributed by atoms with Gasteiger partial charge in [0.15, 0.2) is 5.78 Å². The molecule has 1 aliphatic heterocycles. The van der Waals surface area contributed by atoms with E-state index in [4.69, 9.17) is 14.2 Å². The minimum absolute atomic E-state index is 0.0978. The highest BCUT2D eigenvalue weighted by Gasteiger charge is 2.29. The van der Waals surface area contributed by atoms with Crippen molar-refractivity contribution in [3.05, 3.63) is 64.7 Å². The molecule has 0 radical (unpaired) electrons. The molecule has 1 heterocycles. The Morgan fingerprint density at radius 2 is 1.97 bits per heavy atom. The Kier molecular flexibility index (Phi) is 6.97. The molecule has 29 heavy (non-hydrogen) atoms. The summed E-state index contributed by atoms with van der Waals surface area (Å²) in [4.78, 5) is 12.8. The van der Waals surface area contributed by atoms with E-state index in [1.54, 1.807) is 7.11 Å². The second-order valence-corrected chi connectivity index (χ2v) is 7.65. The Labute approximate surface area is 173 Å². The number of unbranched alkanes of at least 4 members (excludes halogenated alkanes) is 1. The number of benzene rings is 2. The van der Waals surface area contributed by atoms with E-state index in [9.17, 15) is 4.79 Å². The number of hydrogen-bond donors (Lipinski definition) is 0. The number of rotatable bonds is 8. The van der Waals surface area contributed by atoms with Gasteiger partial charge in [0, 0.05) is 6.07 Å². The predicted octanol–water partition coefficient (Wildman–Crippen LogP) is 6.09. The highest BCUT2D eigenvalue weighted by atomic mass is 16.5. The molecule has 1 aliphatic rings. The highest BCUT2D eigenvalue weighted by molar-refractivity contribution is 6.00. The van der Waals surface area contributed by atoms with Crippen molar-refractivity contribution in [1.29, 1.82) is 0 Å². The van der Waals surface area contributed by atoms with Crippen LogP contribution in [0.25, 0.3) is 0 Å². The standard InChI is InChI=1S/C25H30O4/c1-5-6-13-28-20-11-9-18(10-12-20)24-15-22(26)21-14-19(8-7-17(2)3)23(27-4)16-25(21)29-24/h7,9-12,14,16,24H,5-6,8,13,15H2,1-4H3/t24-/m0/s1. The van der Waals surface area contributed by atoms with Gasteiger partial charge in [-0.1, -0.05) is 37.1 Å². The maximum Gasteiger partial charge on any atom is 0.170 e. The molecule has 2 aromatic rings. The van der Waals surface area contributed by atoms with E-state index in [2.05, 4.69) is 26.8 Å². The first kappa shape index (κ1) is 21.0. The lowest BCUT2D eigenvalue weighted by atomic mass is 9.94. The first-order valence-electron chi connectivity index (χ1n) is 10.3. The minimum Gasteiger partial charge on any atom is -0.496 e. The molecule has 4 nitrogen and oxygen atoms in total. The number of hydrogen-bond acceptors (Lipinski definition) is 4. The normalized spacial score (nSPS) is 15.3. The Bertz CT molecular complexity index is 876. The summed E-state index contributed by atoms with van der Waals surface area (Å²) in [6.07, 6.45) is 5.04. The van der Waals surface area contributed by atoms with Gasteiger partial charge in [-0.25, -0.2) is 0 Å². The summed E-state index contributed by atoms with van der Waals surface area (Å²) in [6, 6.07) is 11.6. The van der Waals surface area contributed by atoms with Gasteiger partial charge >= 0.3 is 0 Å². The fraction of sp³-hybridized carbons (Fsp3) is 0.400. The molecule has 4 heteroatoms. The van der Waals surface area contributed by atoms with E-state index < -0.39 is 0 Å². The Morgan fingerprint density at radius 1 is 1.21 bits per heavy atom. The maximum absolute atomic E-state index is 12.8. The fourth-order valence-electron chi connectivity index (χ4n) is 3.36. The molecule has 3 rings (SSSR count). The summed E-state index contributed by atoms with van der Waals surface area (Å²) in [5.74, 6) is 2.28. The summed E-state index contributed by atoms with van der Waals surface area (Å²) in [5.41, 5.74) is 3.84. The molecule has 0 N–H and O–H groups in total. The van der Waals surface area contributed by atoms with Crippen molar-refractivity contribution in [2.45, 2.75) is 52.6 Å². The molecule has 0 fully saturated rings. The van der Waals surface area contributed by atoms with E-state index >= 15 is 0 Å². The van der Waals surface area contributed by atoms with Crippen LogP contribution in [0.2, 0.25) is 0 Å². The predicted molar refractivity (Wildman–Crippen MR) is 115 cm³/mol. The van der Waals surface area contributed by atoms with Crippen molar-refractivity contribution < 1.29 is 19.0 Å². The molecule has 0 aromatic heterocycles. The van der Waals surface area contributed by atoms with Crippen molar-refractivity contribution in [1.82, 2.24) is 0 Å². The fourth-order valence-corrected chi connectivity index (χ4v) is 3.36. The van der Waals surface area contributed by atoms with E-state index in [0.29, 0.717) is 17.7 Å². The molecule has 0 aliphatic carbocycles. The monoisotopic (exact) mass is 394 g/mol. The zero-order valence-electron chi connectivity index (χ0n) is 17.8. The number of fused-ring (bicyclic) bond motifs is 1. The number of Topliss-reactive ketones (excluding diaryl/α,β-unsaturated/α-hetero) is 1. The van der Waals surface area contributed by atoms with Crippen LogP contribution in [0.3, 0.4) is 0 Å². The number of carbonyl (C=O) groups excluding carboxylic acids is 1. The van der Waals surface area contributed by atoms with Gasteiger partial charge in [0.1, 0.15) is 23.4 Å². The third kappa shape index (κ3) is 5.20. The lowest BCUT2D eigenvalue weighted by Crippen LogP contribution is -2.20. The van der Waals surface area contributed by atoms with Gasteiger partial charge in [-0.2, -0.15) is 0 Å². The molecule has 0 saturated carbocycles. The summed E-state index contributed by atoms with van der Waals surface area (Å²) in [7, 11) is 1.65. The molecule has 2 aromatic carbocycles. The van der Waals surface area contributed by atoms with E-state index in [0.717, 1.165) is 48.5 Å². The van der Waals surface area contributed by atoms with Crippen LogP contribution in [0, 0.1) is 0 Å². The molecule has 1 atom stereocenters. The van der Waals surface area contributed by atoms with Crippen LogP contribution < -0.4 is 14.2 Å². The van der Waals surface area contributed by atoms with Crippen LogP contribution >= 0.6 is 0 Å². The number of allylic oxidation sites excluding steroid dienone is 2. The van der Waals surface area contributed by atoms with Crippen LogP contribution in [-0.4, -0.2) is 19.5 Å². The number of carbonyl (C=O) groups is 1. The molecular formula is C25H30O4. The molecule has 0 amide bonds. The summed E-state index contributed by atoms with van der Waals surface area (Å²) in [6.45, 7) is 6.98. The third-order valence-corrected chi connectivity index (χ3v) is 5.07. The van der Waals surface area contributed by atoms with Crippen molar-refractivity contribution in [2.75, 3.05) is 13.7 Å². The van der Waals surface area contributed by atoms with Gasteiger partial charge < -0.3 is 14.2 Å². The minimum atomic E-state index is -0.298. The smallest absolute Gasteiger partial charge is 0.170 e. The second-order valence-electron chi connectivity index (χ2n) is 7.65. The van der Waals surface area contributed by atoms with E-state index in [1.807, 2.05) is 36.4 Å². The zero-order chi connectivity index (χ0) is 20.8. The van der Waals surface area contributed by atoms with Gasteiger partial charge in [-0.05, 0) is 56.0 Å². The molecule has 0 saturated heterocycles. The van der Waals surface area contributed by atoms with Crippen LogP contribution in [-0.2, 0) is 6.42 Å². The molecular weight excluding hydrogens is 364 g/mol. The topological polar surface area (TPSA) is 44.8 Å². The summed E-state index contributed by atoms with van der Waals surface area (Å²) < 4.78 is 17.5. The van der Waals surface area contributed by atoms with Crippen LogP contribution in [0.1, 0.15) is 67.6 Å². The van der Waals surface area contributed by atoms with Gasteiger partial charge in [-0.15, -0.1) is 0 Å². The van der Waals surface area contributed by atoms with Gasteiger partial charge in [-0.3, -0.25) is 4.79 Å². The first-order valence-corrected chi connectivity index (χ1v) is 10.3. The van der Waals surface area contributed by atoms with Crippen molar-refractivity contribution in [2.24, 2.45) is 0 Å². The molecule has 154 valence electrons. The maximum atomic E-state index is 12.8. The van der Waals surface area contributed by atoms with Gasteiger partial charge in [0.2, 0.25) is 0 Å². The van der Waals surface area contributed by atoms with Gasteiger partial charge in [0.05, 0.1) is 25.7 Å². The molecule has 0 bridgehead atoms. The largest absolute Gasteiger partial charge is 0.496 e. The van der Waals surface area contributed by atoms with Gasteiger partial charge in [0.25, 0.3) is 0 Å². The van der Waals surface area contributed by atoms with Crippen LogP contribution in [0.5, 0.6) is 17.2 Å². The SMILES string of the molecule is CCCCOc1ccc([C@@H]2CC(=O)c3cc(CC=C(C)C)c(OC)cc3O2)cc1. The van der Waals surface area contributed by atoms with Crippen molar-refractivity contribution >= 4 is 5.78 Å². The van der Waals surface area contributed by atoms with Crippen molar-refractivity contribution in [3.63, 3.8) is 0 Å². The lowest BCUT2D eigenvalue weighted by molar-refractivity contribution is 0.0849. The lowest BCUT2D eigenvalue weighted by Gasteiger charge is -2.27. The first-order chi connectivity index (χ1) is 14.0. The quantitative estimate of drug-likeness (QED) is 0.401. The zero-order valence-corrected chi connectivity index (χ0v) is 17.8. The average Bonchev–Trinajstić information content (AvgIpc) is 2.72. The number of ketones is 1. The number of ether oxygens (including phenoxy) is 3. The summed E-state index contributed by atoms with van der Waals surface area (Å²) >= 11 is 0. The van der Waals surface area contributed by atoms with Crippen molar-refractivity contribution in [3.8, 4) is 17.2 Å². The summed E-state index contributed by atoms with van der Waals surface area (Å²) in [5, 5.41) is 0. The average molecular weight is 395 g/mol. The Morgan fingerprint density at radius 3 is 2.62 bits per heavy atom.